The molecular formula is C20H22N2O5S2. The largest absolute Gasteiger partial charge is 0.465 e. The van der Waals surface area contributed by atoms with Crippen molar-refractivity contribution < 1.29 is 22.7 Å². The summed E-state index contributed by atoms with van der Waals surface area (Å²) in [7, 11) is -2.16. The predicted molar refractivity (Wildman–Crippen MR) is 112 cm³/mol. The molecule has 1 heterocycles. The van der Waals surface area contributed by atoms with Crippen molar-refractivity contribution in [3.63, 3.8) is 0 Å². The first-order valence-electron chi connectivity index (χ1n) is 9.12. The van der Waals surface area contributed by atoms with Gasteiger partial charge in [-0.3, -0.25) is 4.79 Å². The molecule has 2 aromatic carbocycles. The van der Waals surface area contributed by atoms with Crippen LogP contribution in [0, 0.1) is 0 Å². The van der Waals surface area contributed by atoms with E-state index >= 15 is 0 Å². The molecule has 0 aromatic heterocycles. The van der Waals surface area contributed by atoms with Gasteiger partial charge in [0, 0.05) is 18.0 Å². The fraction of sp³-hybridized carbons (Fsp3) is 0.300. The Bertz CT molecular complexity index is 984. The minimum absolute atomic E-state index is 0.119. The summed E-state index contributed by atoms with van der Waals surface area (Å²) >= 11 is 1.28. The number of methoxy groups -OCH3 is 1. The van der Waals surface area contributed by atoms with Crippen LogP contribution in [0.4, 0.5) is 5.69 Å². The topological polar surface area (TPSA) is 92.8 Å². The van der Waals surface area contributed by atoms with Gasteiger partial charge in [-0.05, 0) is 49.2 Å². The first-order chi connectivity index (χ1) is 13.9. The SMILES string of the molecule is COC(=O)c1ccccc1NC(=O)CSc1ccc(S(=O)(=O)N2CCCC2)cc1. The van der Waals surface area contributed by atoms with Crippen LogP contribution in [-0.2, 0) is 19.6 Å². The summed E-state index contributed by atoms with van der Waals surface area (Å²) in [6.45, 7) is 1.12. The molecule has 7 nitrogen and oxygen atoms in total. The Morgan fingerprint density at radius 3 is 2.38 bits per heavy atom. The zero-order valence-corrected chi connectivity index (χ0v) is 17.6. The molecular weight excluding hydrogens is 412 g/mol. The highest BCUT2D eigenvalue weighted by Gasteiger charge is 2.26. The number of esters is 1. The van der Waals surface area contributed by atoms with E-state index in [2.05, 4.69) is 5.32 Å². The van der Waals surface area contributed by atoms with Gasteiger partial charge in [0.25, 0.3) is 0 Å². The molecule has 0 saturated carbocycles. The van der Waals surface area contributed by atoms with E-state index in [1.807, 2.05) is 0 Å². The number of nitrogens with zero attached hydrogens (tertiary/aromatic N) is 1. The Labute approximate surface area is 174 Å². The number of amides is 1. The quantitative estimate of drug-likeness (QED) is 0.532. The minimum Gasteiger partial charge on any atom is -0.465 e. The number of hydrogen-bond donors (Lipinski definition) is 1. The highest BCUT2D eigenvalue weighted by molar-refractivity contribution is 8.00. The lowest BCUT2D eigenvalue weighted by atomic mass is 10.2. The number of thioether (sulfide) groups is 1. The normalized spacial score (nSPS) is 14.5. The van der Waals surface area contributed by atoms with Crippen molar-refractivity contribution in [1.82, 2.24) is 4.31 Å². The first kappa shape index (κ1) is 21.4. The maximum atomic E-state index is 12.5. The molecule has 3 rings (SSSR count). The average Bonchev–Trinajstić information content (AvgIpc) is 3.28. The van der Waals surface area contributed by atoms with Crippen LogP contribution < -0.4 is 5.32 Å². The third kappa shape index (κ3) is 5.17. The van der Waals surface area contributed by atoms with Gasteiger partial charge >= 0.3 is 5.97 Å². The molecule has 29 heavy (non-hydrogen) atoms. The number of benzene rings is 2. The number of carbonyl (C=O) groups is 2. The molecule has 0 radical (unpaired) electrons. The van der Waals surface area contributed by atoms with Crippen LogP contribution in [-0.4, -0.2) is 50.6 Å². The lowest BCUT2D eigenvalue weighted by Gasteiger charge is -2.15. The summed E-state index contributed by atoms with van der Waals surface area (Å²) in [4.78, 5) is 25.1. The van der Waals surface area contributed by atoms with E-state index < -0.39 is 16.0 Å². The second kappa shape index (κ2) is 9.43. The second-order valence-corrected chi connectivity index (χ2v) is 9.44. The molecule has 1 fully saturated rings. The number of anilines is 1. The smallest absolute Gasteiger partial charge is 0.339 e. The van der Waals surface area contributed by atoms with Gasteiger partial charge in [-0.25, -0.2) is 13.2 Å². The van der Waals surface area contributed by atoms with Crippen molar-refractivity contribution in [2.24, 2.45) is 0 Å². The number of ether oxygens (including phenoxy) is 1. The van der Waals surface area contributed by atoms with Crippen LogP contribution in [0.15, 0.2) is 58.3 Å². The van der Waals surface area contributed by atoms with E-state index in [0.717, 1.165) is 17.7 Å². The predicted octanol–water partition coefficient (Wildman–Crippen LogP) is 2.99. The van der Waals surface area contributed by atoms with Gasteiger partial charge in [-0.15, -0.1) is 11.8 Å². The van der Waals surface area contributed by atoms with Gasteiger partial charge in [0.2, 0.25) is 15.9 Å². The number of hydrogen-bond acceptors (Lipinski definition) is 6. The fourth-order valence-corrected chi connectivity index (χ4v) is 5.22. The van der Waals surface area contributed by atoms with Gasteiger partial charge in [-0.2, -0.15) is 4.31 Å². The molecule has 1 saturated heterocycles. The van der Waals surface area contributed by atoms with Crippen LogP contribution in [0.25, 0.3) is 0 Å². The zero-order chi connectivity index (χ0) is 20.9. The van der Waals surface area contributed by atoms with E-state index in [0.29, 0.717) is 18.8 Å². The van der Waals surface area contributed by atoms with E-state index in [-0.39, 0.29) is 22.1 Å². The van der Waals surface area contributed by atoms with E-state index in [1.165, 1.54) is 23.2 Å². The molecule has 2 aromatic rings. The Morgan fingerprint density at radius 2 is 1.72 bits per heavy atom. The van der Waals surface area contributed by atoms with Crippen LogP contribution in [0.5, 0.6) is 0 Å². The van der Waals surface area contributed by atoms with Gasteiger partial charge in [0.05, 0.1) is 29.0 Å². The molecule has 1 aliphatic rings. The van der Waals surface area contributed by atoms with Crippen LogP contribution >= 0.6 is 11.8 Å². The molecule has 9 heteroatoms. The number of carbonyl (C=O) groups excluding carboxylic acids is 2. The van der Waals surface area contributed by atoms with Crippen molar-refractivity contribution in [2.75, 3.05) is 31.3 Å². The summed E-state index contributed by atoms with van der Waals surface area (Å²) in [6.07, 6.45) is 1.78. The Balaban J connectivity index is 1.59. The van der Waals surface area contributed by atoms with Gasteiger partial charge in [0.1, 0.15) is 0 Å². The van der Waals surface area contributed by atoms with Crippen molar-refractivity contribution in [1.29, 1.82) is 0 Å². The first-order valence-corrected chi connectivity index (χ1v) is 11.5. The van der Waals surface area contributed by atoms with Gasteiger partial charge in [-0.1, -0.05) is 12.1 Å². The molecule has 0 spiro atoms. The Morgan fingerprint density at radius 1 is 1.07 bits per heavy atom. The summed E-state index contributed by atoms with van der Waals surface area (Å²) in [5, 5.41) is 2.71. The molecule has 154 valence electrons. The molecule has 0 bridgehead atoms. The van der Waals surface area contributed by atoms with Crippen LogP contribution in [0.3, 0.4) is 0 Å². The third-order valence-corrected chi connectivity index (χ3v) is 7.43. The number of para-hydroxylation sites is 1. The average molecular weight is 435 g/mol. The van der Waals surface area contributed by atoms with Crippen LogP contribution in [0.2, 0.25) is 0 Å². The molecule has 0 atom stereocenters. The standard InChI is InChI=1S/C20H22N2O5S2/c1-27-20(24)17-6-2-3-7-18(17)21-19(23)14-28-15-8-10-16(11-9-15)29(25,26)22-12-4-5-13-22/h2-3,6-11H,4-5,12-14H2,1H3,(H,21,23). The van der Waals surface area contributed by atoms with E-state index in [4.69, 9.17) is 4.74 Å². The summed E-state index contributed by atoms with van der Waals surface area (Å²) in [6, 6.07) is 13.2. The lowest BCUT2D eigenvalue weighted by Crippen LogP contribution is -2.27. The molecule has 1 aliphatic heterocycles. The Kier molecular flexibility index (Phi) is 6.94. The highest BCUT2D eigenvalue weighted by Crippen LogP contribution is 2.25. The van der Waals surface area contributed by atoms with Crippen molar-refractivity contribution in [3.8, 4) is 0 Å². The molecule has 1 amide bonds. The lowest BCUT2D eigenvalue weighted by molar-refractivity contribution is -0.113. The molecule has 1 N–H and O–H groups in total. The number of rotatable bonds is 7. The summed E-state index contributed by atoms with van der Waals surface area (Å²) < 4.78 is 31.3. The maximum Gasteiger partial charge on any atom is 0.339 e. The van der Waals surface area contributed by atoms with E-state index in [9.17, 15) is 18.0 Å². The van der Waals surface area contributed by atoms with Crippen molar-refractivity contribution in [2.45, 2.75) is 22.6 Å². The minimum atomic E-state index is -3.44. The maximum absolute atomic E-state index is 12.5. The third-order valence-electron chi connectivity index (χ3n) is 4.50. The second-order valence-electron chi connectivity index (χ2n) is 6.46. The van der Waals surface area contributed by atoms with Crippen molar-refractivity contribution >= 4 is 39.3 Å². The molecule has 0 aliphatic carbocycles. The van der Waals surface area contributed by atoms with Gasteiger partial charge in [0.15, 0.2) is 0 Å². The highest BCUT2D eigenvalue weighted by atomic mass is 32.2. The fourth-order valence-electron chi connectivity index (χ4n) is 3.00. The Hall–Kier alpha value is -2.36. The molecule has 0 unspecified atom stereocenters. The van der Waals surface area contributed by atoms with Crippen molar-refractivity contribution in [3.05, 3.63) is 54.1 Å². The van der Waals surface area contributed by atoms with Crippen LogP contribution in [0.1, 0.15) is 23.2 Å². The number of nitrogens with one attached hydrogen (secondary N) is 1. The zero-order valence-electron chi connectivity index (χ0n) is 16.0. The summed E-state index contributed by atoms with van der Waals surface area (Å²) in [5.74, 6) is -0.684. The van der Waals surface area contributed by atoms with Gasteiger partial charge < -0.3 is 10.1 Å². The number of sulfonamides is 1. The van der Waals surface area contributed by atoms with E-state index in [1.54, 1.807) is 48.5 Å². The monoisotopic (exact) mass is 434 g/mol. The summed E-state index contributed by atoms with van der Waals surface area (Å²) in [5.41, 5.74) is 0.668.